The third-order valence-electron chi connectivity index (χ3n) is 2.17. The van der Waals surface area contributed by atoms with Crippen molar-refractivity contribution in [2.24, 2.45) is 0 Å². The molecular formula is C11H11ClN4O2. The van der Waals surface area contributed by atoms with E-state index >= 15 is 0 Å². The van der Waals surface area contributed by atoms with Gasteiger partial charge in [0.15, 0.2) is 0 Å². The van der Waals surface area contributed by atoms with Crippen LogP contribution in [-0.2, 0) is 0 Å². The third-order valence-corrected chi connectivity index (χ3v) is 2.41. The second kappa shape index (κ2) is 4.97. The lowest BCUT2D eigenvalue weighted by Crippen LogP contribution is -2.20. The van der Waals surface area contributed by atoms with Gasteiger partial charge >= 0.3 is 6.03 Å². The number of hydrogen-bond acceptors (Lipinski definition) is 3. The number of rotatable bonds is 2. The summed E-state index contributed by atoms with van der Waals surface area (Å²) in [4.78, 5) is 18.0. The molecular weight excluding hydrogens is 256 g/mol. The van der Waals surface area contributed by atoms with Crippen molar-refractivity contribution in [3.05, 3.63) is 35.0 Å². The lowest BCUT2D eigenvalue weighted by atomic mass is 10.3. The van der Waals surface area contributed by atoms with Gasteiger partial charge in [0, 0.05) is 10.7 Å². The Labute approximate surface area is 108 Å². The molecule has 1 aromatic heterocycles. The number of aromatic hydroxyl groups is 1. The molecule has 0 unspecified atom stereocenters. The molecule has 2 aromatic rings. The number of amides is 2. The van der Waals surface area contributed by atoms with Gasteiger partial charge in [0.2, 0.25) is 11.8 Å². The van der Waals surface area contributed by atoms with Crippen molar-refractivity contribution in [2.75, 3.05) is 10.6 Å². The molecule has 1 aromatic carbocycles. The number of imidazole rings is 1. The van der Waals surface area contributed by atoms with Crippen LogP contribution in [0.15, 0.2) is 24.3 Å². The van der Waals surface area contributed by atoms with Crippen LogP contribution in [0.3, 0.4) is 0 Å². The van der Waals surface area contributed by atoms with E-state index in [-0.39, 0.29) is 11.8 Å². The van der Waals surface area contributed by atoms with Gasteiger partial charge in [-0.05, 0) is 25.1 Å². The van der Waals surface area contributed by atoms with Gasteiger partial charge in [-0.25, -0.2) is 4.79 Å². The van der Waals surface area contributed by atoms with Crippen molar-refractivity contribution < 1.29 is 9.90 Å². The molecule has 0 radical (unpaired) electrons. The number of benzene rings is 1. The molecule has 4 N–H and O–H groups in total. The Morgan fingerprint density at radius 1 is 1.44 bits per heavy atom. The van der Waals surface area contributed by atoms with Crippen molar-refractivity contribution in [2.45, 2.75) is 6.92 Å². The Hall–Kier alpha value is -2.21. The molecule has 6 nitrogen and oxygen atoms in total. The van der Waals surface area contributed by atoms with Crippen LogP contribution in [0, 0.1) is 6.92 Å². The Kier molecular flexibility index (Phi) is 3.38. The molecule has 0 aliphatic carbocycles. The SMILES string of the molecule is Cc1[nH]c(NC(=O)Nc2cccc(Cl)c2)nc1O. The largest absolute Gasteiger partial charge is 0.492 e. The van der Waals surface area contributed by atoms with Gasteiger partial charge in [0.25, 0.3) is 0 Å². The number of H-pyrrole nitrogens is 1. The third kappa shape index (κ3) is 2.92. The second-order valence-electron chi connectivity index (χ2n) is 3.62. The predicted octanol–water partition coefficient (Wildman–Crippen LogP) is 2.72. The van der Waals surface area contributed by atoms with Crippen molar-refractivity contribution in [1.29, 1.82) is 0 Å². The van der Waals surface area contributed by atoms with Gasteiger partial charge in [-0.15, -0.1) is 0 Å². The molecule has 0 bridgehead atoms. The van der Waals surface area contributed by atoms with E-state index in [2.05, 4.69) is 20.6 Å². The van der Waals surface area contributed by atoms with E-state index < -0.39 is 6.03 Å². The van der Waals surface area contributed by atoms with E-state index in [9.17, 15) is 9.90 Å². The molecule has 0 saturated heterocycles. The minimum Gasteiger partial charge on any atom is -0.492 e. The number of nitrogens with one attached hydrogen (secondary N) is 3. The Morgan fingerprint density at radius 3 is 2.83 bits per heavy atom. The summed E-state index contributed by atoms with van der Waals surface area (Å²) in [5, 5.41) is 14.8. The second-order valence-corrected chi connectivity index (χ2v) is 4.06. The average molecular weight is 267 g/mol. The van der Waals surface area contributed by atoms with Crippen LogP contribution >= 0.6 is 11.6 Å². The van der Waals surface area contributed by atoms with E-state index in [4.69, 9.17) is 11.6 Å². The molecule has 1 heterocycles. The number of carbonyl (C=O) groups excluding carboxylic acids is 1. The van der Waals surface area contributed by atoms with Gasteiger partial charge in [-0.3, -0.25) is 5.32 Å². The highest BCUT2D eigenvalue weighted by Gasteiger charge is 2.08. The molecule has 0 saturated carbocycles. The van der Waals surface area contributed by atoms with Crippen molar-refractivity contribution in [3.8, 4) is 5.88 Å². The standard InChI is InChI=1S/C11H11ClN4O2/c1-6-9(17)15-10(13-6)16-11(18)14-8-4-2-3-7(12)5-8/h2-5,17H,1H3,(H3,13,14,15,16,18). The lowest BCUT2D eigenvalue weighted by Gasteiger charge is -2.05. The molecule has 7 heteroatoms. The number of aryl methyl sites for hydroxylation is 1. The summed E-state index contributed by atoms with van der Waals surface area (Å²) in [6.45, 7) is 1.64. The maximum Gasteiger partial charge on any atom is 0.326 e. The number of hydrogen-bond donors (Lipinski definition) is 4. The molecule has 0 aliphatic heterocycles. The normalized spacial score (nSPS) is 10.1. The summed E-state index contributed by atoms with van der Waals surface area (Å²) in [6, 6.07) is 6.27. The highest BCUT2D eigenvalue weighted by molar-refractivity contribution is 6.30. The Morgan fingerprint density at radius 2 is 2.22 bits per heavy atom. The topological polar surface area (TPSA) is 90.0 Å². The summed E-state index contributed by atoms with van der Waals surface area (Å²) in [7, 11) is 0. The monoisotopic (exact) mass is 266 g/mol. The molecule has 0 fully saturated rings. The summed E-state index contributed by atoms with van der Waals surface area (Å²) in [5.74, 6) is 0.0255. The van der Waals surface area contributed by atoms with Crippen LogP contribution in [0.2, 0.25) is 5.02 Å². The van der Waals surface area contributed by atoms with Gasteiger partial charge in [-0.1, -0.05) is 17.7 Å². The van der Waals surface area contributed by atoms with E-state index in [1.807, 2.05) is 0 Å². The Bertz CT molecular complexity index is 563. The number of aromatic amines is 1. The number of nitrogens with zero attached hydrogens (tertiary/aromatic N) is 1. The minimum absolute atomic E-state index is 0.145. The van der Waals surface area contributed by atoms with Crippen LogP contribution in [0.5, 0.6) is 5.88 Å². The van der Waals surface area contributed by atoms with Gasteiger partial charge in [0.05, 0.1) is 5.69 Å². The zero-order valence-corrected chi connectivity index (χ0v) is 10.2. The fraction of sp³-hybridized carbons (Fsp3) is 0.0909. The van der Waals surface area contributed by atoms with Crippen LogP contribution in [-0.4, -0.2) is 21.1 Å². The number of urea groups is 1. The van der Waals surface area contributed by atoms with Crippen LogP contribution in [0.1, 0.15) is 5.69 Å². The molecule has 0 spiro atoms. The summed E-state index contributed by atoms with van der Waals surface area (Å²) in [5.41, 5.74) is 1.04. The van der Waals surface area contributed by atoms with E-state index in [0.717, 1.165) is 0 Å². The van der Waals surface area contributed by atoms with Crippen molar-refractivity contribution >= 4 is 29.3 Å². The zero-order chi connectivity index (χ0) is 13.1. The number of halogens is 1. The van der Waals surface area contributed by atoms with Crippen molar-refractivity contribution in [3.63, 3.8) is 0 Å². The highest BCUT2D eigenvalue weighted by atomic mass is 35.5. The molecule has 2 rings (SSSR count). The minimum atomic E-state index is -0.481. The first kappa shape index (κ1) is 12.3. The first-order valence-corrected chi connectivity index (χ1v) is 5.51. The molecule has 0 atom stereocenters. The quantitative estimate of drug-likeness (QED) is 0.674. The smallest absolute Gasteiger partial charge is 0.326 e. The summed E-state index contributed by atoms with van der Waals surface area (Å²) in [6.07, 6.45) is 0. The van der Waals surface area contributed by atoms with Crippen LogP contribution in [0.4, 0.5) is 16.4 Å². The predicted molar refractivity (Wildman–Crippen MR) is 69.1 cm³/mol. The van der Waals surface area contributed by atoms with Gasteiger partial charge in [-0.2, -0.15) is 4.98 Å². The first-order valence-electron chi connectivity index (χ1n) is 5.14. The Balaban J connectivity index is 2.01. The van der Waals surface area contributed by atoms with Crippen LogP contribution in [0.25, 0.3) is 0 Å². The van der Waals surface area contributed by atoms with E-state index in [1.54, 1.807) is 31.2 Å². The molecule has 0 aliphatic rings. The maximum absolute atomic E-state index is 11.6. The summed E-state index contributed by atoms with van der Waals surface area (Å²) < 4.78 is 0. The summed E-state index contributed by atoms with van der Waals surface area (Å²) >= 11 is 5.79. The number of carbonyl (C=O) groups is 1. The van der Waals surface area contributed by atoms with Gasteiger partial charge < -0.3 is 15.4 Å². The first-order chi connectivity index (χ1) is 8.54. The highest BCUT2D eigenvalue weighted by Crippen LogP contribution is 2.16. The lowest BCUT2D eigenvalue weighted by molar-refractivity contribution is 0.262. The molecule has 94 valence electrons. The van der Waals surface area contributed by atoms with E-state index in [1.165, 1.54) is 0 Å². The number of aromatic nitrogens is 2. The average Bonchev–Trinajstić information content (AvgIpc) is 2.57. The number of anilines is 2. The maximum atomic E-state index is 11.6. The van der Waals surface area contributed by atoms with E-state index in [0.29, 0.717) is 16.4 Å². The van der Waals surface area contributed by atoms with Crippen molar-refractivity contribution in [1.82, 2.24) is 9.97 Å². The fourth-order valence-corrected chi connectivity index (χ4v) is 1.54. The molecule has 2 amide bonds. The fourth-order valence-electron chi connectivity index (χ4n) is 1.35. The van der Waals surface area contributed by atoms with Crippen LogP contribution < -0.4 is 10.6 Å². The van der Waals surface area contributed by atoms with Gasteiger partial charge in [0.1, 0.15) is 0 Å². The zero-order valence-electron chi connectivity index (χ0n) is 9.49. The molecule has 18 heavy (non-hydrogen) atoms.